The van der Waals surface area contributed by atoms with Crippen molar-refractivity contribution in [3.05, 3.63) is 164 Å². The lowest BCUT2D eigenvalue weighted by Gasteiger charge is -2.09. The Balaban J connectivity index is 1.15. The van der Waals surface area contributed by atoms with Gasteiger partial charge in [0.25, 0.3) is 0 Å². The van der Waals surface area contributed by atoms with E-state index in [0.717, 1.165) is 71.9 Å². The second-order valence-electron chi connectivity index (χ2n) is 12.3. The third-order valence-electron chi connectivity index (χ3n) is 9.35. The molecule has 0 saturated carbocycles. The van der Waals surface area contributed by atoms with E-state index in [9.17, 15) is 0 Å². The Bertz CT molecular complexity index is 2840. The Hall–Kier alpha value is -6.92. The molecule has 4 aromatic heterocycles. The van der Waals surface area contributed by atoms with Crippen LogP contribution < -0.4 is 0 Å². The van der Waals surface area contributed by atoms with Crippen LogP contribution in [0.15, 0.2) is 168 Å². The van der Waals surface area contributed by atoms with Gasteiger partial charge in [0.1, 0.15) is 5.58 Å². The molecule has 0 bridgehead atoms. The summed E-state index contributed by atoms with van der Waals surface area (Å²) in [5.74, 6) is 1.71. The van der Waals surface area contributed by atoms with Crippen molar-refractivity contribution in [2.24, 2.45) is 0 Å². The van der Waals surface area contributed by atoms with Gasteiger partial charge in [-0.1, -0.05) is 103 Å². The predicted octanol–water partition coefficient (Wildman–Crippen LogP) is 10.9. The molecule has 0 aliphatic rings. The number of aromatic nitrogens is 5. The zero-order valence-corrected chi connectivity index (χ0v) is 26.7. The summed E-state index contributed by atoms with van der Waals surface area (Å²) < 4.78 is 9.11. The van der Waals surface area contributed by atoms with Crippen molar-refractivity contribution in [2.75, 3.05) is 0 Å². The number of rotatable bonds is 5. The molecule has 0 saturated heterocycles. The first-order valence-corrected chi connectivity index (χ1v) is 16.5. The molecular formula is C44H27N5O. The molecule has 10 rings (SSSR count). The van der Waals surface area contributed by atoms with Crippen molar-refractivity contribution >= 4 is 43.7 Å². The summed E-state index contributed by atoms with van der Waals surface area (Å²) in [6.45, 7) is 0. The van der Waals surface area contributed by atoms with E-state index in [4.69, 9.17) is 19.4 Å². The van der Waals surface area contributed by atoms with Crippen LogP contribution in [0.25, 0.3) is 94.7 Å². The number of para-hydroxylation sites is 2. The summed E-state index contributed by atoms with van der Waals surface area (Å²) in [6, 6.07) is 52.1. The highest BCUT2D eigenvalue weighted by atomic mass is 16.3. The van der Waals surface area contributed by atoms with Gasteiger partial charge in [0.15, 0.2) is 23.1 Å². The molecule has 50 heavy (non-hydrogen) atoms. The van der Waals surface area contributed by atoms with Gasteiger partial charge in [-0.2, -0.15) is 0 Å². The third-order valence-corrected chi connectivity index (χ3v) is 9.35. The molecule has 0 N–H and O–H groups in total. The van der Waals surface area contributed by atoms with E-state index in [0.29, 0.717) is 17.5 Å². The van der Waals surface area contributed by atoms with Gasteiger partial charge in [-0.15, -0.1) is 0 Å². The molecular weight excluding hydrogens is 615 g/mol. The van der Waals surface area contributed by atoms with Gasteiger partial charge in [-0.25, -0.2) is 15.0 Å². The number of furan rings is 1. The maximum atomic E-state index is 6.80. The Kier molecular flexibility index (Phi) is 6.39. The highest BCUT2D eigenvalue weighted by Gasteiger charge is 2.20. The average Bonchev–Trinajstić information content (AvgIpc) is 3.74. The number of benzene rings is 6. The van der Waals surface area contributed by atoms with Crippen molar-refractivity contribution in [3.63, 3.8) is 0 Å². The van der Waals surface area contributed by atoms with Crippen molar-refractivity contribution in [3.8, 4) is 51.0 Å². The fraction of sp³-hybridized carbons (Fsp3) is 0. The zero-order chi connectivity index (χ0) is 33.0. The number of fused-ring (bicyclic) bond motifs is 7. The third kappa shape index (κ3) is 4.58. The lowest BCUT2D eigenvalue weighted by molar-refractivity contribution is 0.671. The number of hydrogen-bond acceptors (Lipinski definition) is 5. The standard InChI is InChI=1S/C44H27N5O/c1-3-10-28(11-4-1)29-17-19-30(20-18-29)42-46-43(48-44(47-42)32-12-9-25-45-27-32)31-21-22-35-37-24-23-36-34-15-7-8-16-38(34)49(33-13-5-2-6-14-33)40(36)41(37)50-39(35)26-31/h1-27H. The van der Waals surface area contributed by atoms with Crippen LogP contribution in [0.5, 0.6) is 0 Å². The molecule has 10 aromatic rings. The average molecular weight is 642 g/mol. The van der Waals surface area contributed by atoms with Gasteiger partial charge in [0.05, 0.1) is 11.0 Å². The number of hydrogen-bond donors (Lipinski definition) is 0. The van der Waals surface area contributed by atoms with Crippen molar-refractivity contribution in [1.82, 2.24) is 24.5 Å². The Morgan fingerprint density at radius 1 is 0.440 bits per heavy atom. The van der Waals surface area contributed by atoms with Crippen molar-refractivity contribution in [2.45, 2.75) is 0 Å². The summed E-state index contributed by atoms with van der Waals surface area (Å²) in [5, 5.41) is 4.43. The Morgan fingerprint density at radius 2 is 1.04 bits per heavy atom. The fourth-order valence-corrected chi connectivity index (χ4v) is 6.97. The lowest BCUT2D eigenvalue weighted by Crippen LogP contribution is -2.00. The van der Waals surface area contributed by atoms with Crippen LogP contribution >= 0.6 is 0 Å². The van der Waals surface area contributed by atoms with Crippen LogP contribution in [-0.2, 0) is 0 Å². The maximum absolute atomic E-state index is 6.80. The molecule has 0 aliphatic carbocycles. The summed E-state index contributed by atoms with van der Waals surface area (Å²) in [4.78, 5) is 19.2. The van der Waals surface area contributed by atoms with Gasteiger partial charge in [-0.3, -0.25) is 4.98 Å². The van der Waals surface area contributed by atoms with E-state index >= 15 is 0 Å². The van der Waals surface area contributed by atoms with E-state index in [1.54, 1.807) is 12.4 Å². The van der Waals surface area contributed by atoms with Crippen LogP contribution in [0.2, 0.25) is 0 Å². The predicted molar refractivity (Wildman–Crippen MR) is 201 cm³/mol. The van der Waals surface area contributed by atoms with Gasteiger partial charge in [0, 0.05) is 56.3 Å². The first-order chi connectivity index (χ1) is 24.8. The minimum absolute atomic E-state index is 0.559. The summed E-state index contributed by atoms with van der Waals surface area (Å²) in [7, 11) is 0. The molecule has 6 heteroatoms. The SMILES string of the molecule is c1ccc(-c2ccc(-c3nc(-c4cccnc4)nc(-c4ccc5c(c4)oc4c5ccc5c6ccccc6n(-c6ccccc6)c54)n3)cc2)cc1. The van der Waals surface area contributed by atoms with E-state index < -0.39 is 0 Å². The fourth-order valence-electron chi connectivity index (χ4n) is 6.97. The van der Waals surface area contributed by atoms with Gasteiger partial charge in [0.2, 0.25) is 0 Å². The van der Waals surface area contributed by atoms with E-state index in [1.807, 2.05) is 42.5 Å². The molecule has 234 valence electrons. The topological polar surface area (TPSA) is 69.6 Å². The highest BCUT2D eigenvalue weighted by molar-refractivity contribution is 6.21. The summed E-state index contributed by atoms with van der Waals surface area (Å²) in [6.07, 6.45) is 3.53. The van der Waals surface area contributed by atoms with Crippen LogP contribution in [0, 0.1) is 0 Å². The minimum Gasteiger partial charge on any atom is -0.454 e. The van der Waals surface area contributed by atoms with Crippen molar-refractivity contribution < 1.29 is 4.42 Å². The second kappa shape index (κ2) is 11.4. The molecule has 6 aromatic carbocycles. The first kappa shape index (κ1) is 28.1. The highest BCUT2D eigenvalue weighted by Crippen LogP contribution is 2.41. The Labute approximate surface area is 287 Å². The molecule has 0 amide bonds. The van der Waals surface area contributed by atoms with E-state index in [1.165, 1.54) is 5.39 Å². The monoisotopic (exact) mass is 641 g/mol. The van der Waals surface area contributed by atoms with E-state index in [-0.39, 0.29) is 0 Å². The molecule has 4 heterocycles. The van der Waals surface area contributed by atoms with Gasteiger partial charge in [-0.05, 0) is 59.7 Å². The van der Waals surface area contributed by atoms with Gasteiger partial charge >= 0.3 is 0 Å². The number of pyridine rings is 1. The zero-order valence-electron chi connectivity index (χ0n) is 26.7. The van der Waals surface area contributed by atoms with Gasteiger partial charge < -0.3 is 8.98 Å². The second-order valence-corrected chi connectivity index (χ2v) is 12.3. The lowest BCUT2D eigenvalue weighted by atomic mass is 10.0. The minimum atomic E-state index is 0.559. The van der Waals surface area contributed by atoms with Crippen LogP contribution in [0.1, 0.15) is 0 Å². The normalized spacial score (nSPS) is 11.6. The smallest absolute Gasteiger partial charge is 0.165 e. The Morgan fingerprint density at radius 3 is 1.82 bits per heavy atom. The first-order valence-electron chi connectivity index (χ1n) is 16.5. The molecule has 0 atom stereocenters. The summed E-state index contributed by atoms with van der Waals surface area (Å²) >= 11 is 0. The van der Waals surface area contributed by atoms with Crippen LogP contribution in [0.4, 0.5) is 0 Å². The molecule has 6 nitrogen and oxygen atoms in total. The molecule has 0 radical (unpaired) electrons. The number of nitrogens with zero attached hydrogens (tertiary/aromatic N) is 5. The largest absolute Gasteiger partial charge is 0.454 e. The van der Waals surface area contributed by atoms with E-state index in [2.05, 4.69) is 119 Å². The summed E-state index contributed by atoms with van der Waals surface area (Å²) in [5.41, 5.74) is 9.74. The molecule has 0 spiro atoms. The maximum Gasteiger partial charge on any atom is 0.165 e. The van der Waals surface area contributed by atoms with Crippen molar-refractivity contribution in [1.29, 1.82) is 0 Å². The van der Waals surface area contributed by atoms with Crippen LogP contribution in [-0.4, -0.2) is 24.5 Å². The molecule has 0 unspecified atom stereocenters. The molecule has 0 aliphatic heterocycles. The molecule has 0 fully saturated rings. The quantitative estimate of drug-likeness (QED) is 0.187. The van der Waals surface area contributed by atoms with Crippen LogP contribution in [0.3, 0.4) is 0 Å².